The lowest BCUT2D eigenvalue weighted by molar-refractivity contribution is -0.0211. The number of hydrogen-bond acceptors (Lipinski definition) is 4. The molecule has 1 atom stereocenters. The van der Waals surface area contributed by atoms with Crippen molar-refractivity contribution in [2.45, 2.75) is 31.9 Å². The second-order valence-corrected chi connectivity index (χ2v) is 7.00. The number of anilines is 1. The van der Waals surface area contributed by atoms with E-state index < -0.39 is 0 Å². The third-order valence-corrected chi connectivity index (χ3v) is 5.33. The molecule has 0 saturated carbocycles. The fourth-order valence-corrected chi connectivity index (χ4v) is 3.78. The van der Waals surface area contributed by atoms with E-state index in [0.29, 0.717) is 12.1 Å². The molecule has 0 amide bonds. The zero-order valence-corrected chi connectivity index (χ0v) is 14.7. The van der Waals surface area contributed by atoms with Gasteiger partial charge in [0.25, 0.3) is 0 Å². The van der Waals surface area contributed by atoms with E-state index in [1.165, 1.54) is 44.7 Å². The van der Waals surface area contributed by atoms with E-state index in [1.807, 2.05) is 0 Å². The molecule has 0 aliphatic carbocycles. The number of nitrogens with zero attached hydrogens (tertiary/aromatic N) is 3. The fraction of sp³-hybridized carbons (Fsp3) is 0.684. The van der Waals surface area contributed by atoms with E-state index in [-0.39, 0.29) is 0 Å². The number of morpholine rings is 1. The molecule has 0 aromatic heterocycles. The number of benzene rings is 1. The van der Waals surface area contributed by atoms with Gasteiger partial charge in [0.15, 0.2) is 0 Å². The first-order valence-corrected chi connectivity index (χ1v) is 9.06. The van der Waals surface area contributed by atoms with Gasteiger partial charge in [-0.25, -0.2) is 0 Å². The average Bonchev–Trinajstić information content (AvgIpc) is 2.61. The summed E-state index contributed by atoms with van der Waals surface area (Å²) in [7, 11) is 2.24. The summed E-state index contributed by atoms with van der Waals surface area (Å²) in [5, 5.41) is 0. The molecule has 23 heavy (non-hydrogen) atoms. The summed E-state index contributed by atoms with van der Waals surface area (Å²) < 4.78 is 5.62. The van der Waals surface area contributed by atoms with Crippen LogP contribution >= 0.6 is 0 Å². The van der Waals surface area contributed by atoms with Crippen LogP contribution in [0.25, 0.3) is 0 Å². The summed E-state index contributed by atoms with van der Waals surface area (Å²) in [6, 6.07) is 11.5. The molecular weight excluding hydrogens is 286 g/mol. The van der Waals surface area contributed by atoms with Crippen LogP contribution in [0.2, 0.25) is 0 Å². The SMILES string of the molecule is C[C@H]1CN(CCN2CCC(N(C)c3ccccc3)CC2)CCO1. The topological polar surface area (TPSA) is 19.0 Å². The van der Waals surface area contributed by atoms with Gasteiger partial charge in [-0.1, -0.05) is 18.2 Å². The van der Waals surface area contributed by atoms with E-state index in [0.717, 1.165) is 19.7 Å². The van der Waals surface area contributed by atoms with Crippen molar-refractivity contribution in [2.24, 2.45) is 0 Å². The molecule has 0 radical (unpaired) electrons. The van der Waals surface area contributed by atoms with Gasteiger partial charge in [0.2, 0.25) is 0 Å². The van der Waals surface area contributed by atoms with Crippen LogP contribution in [0.15, 0.2) is 30.3 Å². The van der Waals surface area contributed by atoms with Crippen molar-refractivity contribution in [3.8, 4) is 0 Å². The fourth-order valence-electron chi connectivity index (χ4n) is 3.78. The van der Waals surface area contributed by atoms with E-state index >= 15 is 0 Å². The van der Waals surface area contributed by atoms with Crippen LogP contribution < -0.4 is 4.90 Å². The summed E-state index contributed by atoms with van der Waals surface area (Å²) in [6.07, 6.45) is 2.93. The first-order chi connectivity index (χ1) is 11.2. The van der Waals surface area contributed by atoms with Crippen LogP contribution in [-0.2, 0) is 4.74 Å². The molecule has 0 unspecified atom stereocenters. The number of rotatable bonds is 5. The number of para-hydroxylation sites is 1. The summed E-state index contributed by atoms with van der Waals surface area (Å²) >= 11 is 0. The number of piperidine rings is 1. The highest BCUT2D eigenvalue weighted by molar-refractivity contribution is 5.46. The summed E-state index contributed by atoms with van der Waals surface area (Å²) in [4.78, 5) is 7.65. The zero-order chi connectivity index (χ0) is 16.1. The number of hydrogen-bond donors (Lipinski definition) is 0. The zero-order valence-electron chi connectivity index (χ0n) is 14.7. The van der Waals surface area contributed by atoms with Gasteiger partial charge in [0.05, 0.1) is 12.7 Å². The largest absolute Gasteiger partial charge is 0.376 e. The monoisotopic (exact) mass is 317 g/mol. The van der Waals surface area contributed by atoms with Gasteiger partial charge < -0.3 is 14.5 Å². The molecule has 1 aromatic carbocycles. The molecule has 2 saturated heterocycles. The standard InChI is InChI=1S/C19H31N3O/c1-17-16-22(14-15-23-17)13-12-21-10-8-19(9-11-21)20(2)18-6-4-3-5-7-18/h3-7,17,19H,8-16H2,1-2H3/t17-/m0/s1. The lowest BCUT2D eigenvalue weighted by Crippen LogP contribution is -2.48. The highest BCUT2D eigenvalue weighted by Crippen LogP contribution is 2.21. The molecule has 2 heterocycles. The molecule has 2 fully saturated rings. The number of likely N-dealkylation sites (tertiary alicyclic amines) is 1. The van der Waals surface area contributed by atoms with Crippen molar-refractivity contribution in [3.63, 3.8) is 0 Å². The van der Waals surface area contributed by atoms with Crippen LogP contribution in [0, 0.1) is 0 Å². The van der Waals surface area contributed by atoms with Crippen LogP contribution in [-0.4, -0.2) is 74.9 Å². The Morgan fingerprint density at radius 2 is 1.74 bits per heavy atom. The Kier molecular flexibility index (Phi) is 5.92. The minimum atomic E-state index is 0.397. The first kappa shape index (κ1) is 16.7. The van der Waals surface area contributed by atoms with Crippen molar-refractivity contribution in [1.29, 1.82) is 0 Å². The quantitative estimate of drug-likeness (QED) is 0.829. The Hall–Kier alpha value is -1.10. The maximum absolute atomic E-state index is 5.62. The minimum Gasteiger partial charge on any atom is -0.376 e. The predicted octanol–water partition coefficient (Wildman–Crippen LogP) is 2.31. The molecule has 4 heteroatoms. The van der Waals surface area contributed by atoms with Crippen LogP contribution in [0.3, 0.4) is 0 Å². The molecule has 0 spiro atoms. The minimum absolute atomic E-state index is 0.397. The van der Waals surface area contributed by atoms with Gasteiger partial charge >= 0.3 is 0 Å². The Labute approximate surface area is 141 Å². The normalized spacial score (nSPS) is 24.7. The molecule has 0 N–H and O–H groups in total. The molecular formula is C19H31N3O. The van der Waals surface area contributed by atoms with Gasteiger partial charge in [-0.15, -0.1) is 0 Å². The summed E-state index contributed by atoms with van der Waals surface area (Å²) in [5.41, 5.74) is 1.34. The van der Waals surface area contributed by atoms with Crippen LogP contribution in [0.4, 0.5) is 5.69 Å². The van der Waals surface area contributed by atoms with Gasteiger partial charge in [-0.2, -0.15) is 0 Å². The molecule has 128 valence electrons. The molecule has 2 aliphatic heterocycles. The summed E-state index contributed by atoms with van der Waals surface area (Å²) in [6.45, 7) is 10.1. The lowest BCUT2D eigenvalue weighted by atomic mass is 10.0. The predicted molar refractivity (Wildman–Crippen MR) is 96.2 cm³/mol. The molecule has 4 nitrogen and oxygen atoms in total. The maximum atomic E-state index is 5.62. The number of ether oxygens (including phenoxy) is 1. The van der Waals surface area contributed by atoms with Crippen molar-refractivity contribution in [2.75, 3.05) is 57.8 Å². The van der Waals surface area contributed by atoms with Gasteiger partial charge in [-0.05, 0) is 31.9 Å². The van der Waals surface area contributed by atoms with Crippen molar-refractivity contribution >= 4 is 5.69 Å². The van der Waals surface area contributed by atoms with Crippen molar-refractivity contribution in [3.05, 3.63) is 30.3 Å². The third-order valence-electron chi connectivity index (χ3n) is 5.33. The molecule has 0 bridgehead atoms. The Bertz CT molecular complexity index is 459. The lowest BCUT2D eigenvalue weighted by Gasteiger charge is -2.39. The highest BCUT2D eigenvalue weighted by Gasteiger charge is 2.23. The third kappa shape index (κ3) is 4.69. The Balaban J connectivity index is 1.40. The van der Waals surface area contributed by atoms with E-state index in [9.17, 15) is 0 Å². The van der Waals surface area contributed by atoms with E-state index in [4.69, 9.17) is 4.74 Å². The second-order valence-electron chi connectivity index (χ2n) is 7.00. The van der Waals surface area contributed by atoms with Crippen molar-refractivity contribution in [1.82, 2.24) is 9.80 Å². The molecule has 1 aromatic rings. The first-order valence-electron chi connectivity index (χ1n) is 9.06. The average molecular weight is 317 g/mol. The second kappa shape index (κ2) is 8.13. The van der Waals surface area contributed by atoms with Crippen LogP contribution in [0.1, 0.15) is 19.8 Å². The van der Waals surface area contributed by atoms with E-state index in [1.54, 1.807) is 0 Å². The Morgan fingerprint density at radius 3 is 2.43 bits per heavy atom. The van der Waals surface area contributed by atoms with Gasteiger partial charge in [0, 0.05) is 58.0 Å². The summed E-state index contributed by atoms with van der Waals surface area (Å²) in [5.74, 6) is 0. The smallest absolute Gasteiger partial charge is 0.0674 e. The maximum Gasteiger partial charge on any atom is 0.0674 e. The highest BCUT2D eigenvalue weighted by atomic mass is 16.5. The Morgan fingerprint density at radius 1 is 1.04 bits per heavy atom. The van der Waals surface area contributed by atoms with Crippen LogP contribution in [0.5, 0.6) is 0 Å². The van der Waals surface area contributed by atoms with Gasteiger partial charge in [-0.3, -0.25) is 4.90 Å². The van der Waals surface area contributed by atoms with Crippen molar-refractivity contribution < 1.29 is 4.74 Å². The van der Waals surface area contributed by atoms with Gasteiger partial charge in [0.1, 0.15) is 0 Å². The molecule has 3 rings (SSSR count). The molecule has 2 aliphatic rings. The van der Waals surface area contributed by atoms with E-state index in [2.05, 4.69) is 59.0 Å².